The standard InChI is InChI=1S/C15H16FN3O5/c1-2-24-13(21)10-7-3-4-8(5-7)11(10)17-14(22)19-6-9(16)12(20)18-15(19)23/h3-4,6-8,10-11H,2,5H2,1H3,(H,17,22)(H,18,20,23). The summed E-state index contributed by atoms with van der Waals surface area (Å²) in [5.41, 5.74) is -2.25. The molecule has 2 N–H and O–H groups in total. The van der Waals surface area contributed by atoms with E-state index in [9.17, 15) is 23.6 Å². The van der Waals surface area contributed by atoms with Gasteiger partial charge in [-0.25, -0.2) is 14.2 Å². The molecule has 24 heavy (non-hydrogen) atoms. The lowest BCUT2D eigenvalue weighted by Gasteiger charge is -2.27. The molecular weight excluding hydrogens is 321 g/mol. The van der Waals surface area contributed by atoms with Gasteiger partial charge in [0.1, 0.15) is 0 Å². The number of esters is 1. The van der Waals surface area contributed by atoms with Crippen molar-refractivity contribution in [3.8, 4) is 0 Å². The second-order valence-electron chi connectivity index (χ2n) is 5.81. The smallest absolute Gasteiger partial charge is 0.336 e. The van der Waals surface area contributed by atoms with Gasteiger partial charge in [0.2, 0.25) is 5.82 Å². The van der Waals surface area contributed by atoms with Crippen LogP contribution in [-0.2, 0) is 9.53 Å². The van der Waals surface area contributed by atoms with Crippen molar-refractivity contribution in [3.63, 3.8) is 0 Å². The third-order valence-corrected chi connectivity index (χ3v) is 4.43. The van der Waals surface area contributed by atoms with E-state index < -0.39 is 41.0 Å². The molecule has 2 bridgehead atoms. The summed E-state index contributed by atoms with van der Waals surface area (Å²) in [7, 11) is 0. The number of fused-ring (bicyclic) bond motifs is 2. The number of amides is 1. The molecule has 2 aliphatic rings. The molecule has 4 unspecified atom stereocenters. The van der Waals surface area contributed by atoms with Crippen LogP contribution in [0.25, 0.3) is 0 Å². The van der Waals surface area contributed by atoms with Crippen LogP contribution in [-0.4, -0.2) is 34.2 Å². The van der Waals surface area contributed by atoms with Gasteiger partial charge in [0.25, 0.3) is 5.56 Å². The molecule has 8 nitrogen and oxygen atoms in total. The van der Waals surface area contributed by atoms with Gasteiger partial charge in [-0.15, -0.1) is 0 Å². The number of carbonyl (C=O) groups is 2. The van der Waals surface area contributed by atoms with Gasteiger partial charge in [-0.1, -0.05) is 12.2 Å². The van der Waals surface area contributed by atoms with Gasteiger partial charge in [0.05, 0.1) is 24.8 Å². The van der Waals surface area contributed by atoms with E-state index in [0.717, 1.165) is 0 Å². The molecule has 1 saturated carbocycles. The fourth-order valence-corrected chi connectivity index (χ4v) is 3.39. The number of nitrogens with one attached hydrogen (secondary N) is 2. The van der Waals surface area contributed by atoms with E-state index in [2.05, 4.69) is 5.32 Å². The first-order valence-corrected chi connectivity index (χ1v) is 7.59. The van der Waals surface area contributed by atoms with E-state index >= 15 is 0 Å². The van der Waals surface area contributed by atoms with Crippen LogP contribution in [0.3, 0.4) is 0 Å². The van der Waals surface area contributed by atoms with Crippen molar-refractivity contribution in [2.75, 3.05) is 6.61 Å². The summed E-state index contributed by atoms with van der Waals surface area (Å²) < 4.78 is 18.8. The van der Waals surface area contributed by atoms with E-state index in [1.807, 2.05) is 12.2 Å². The molecule has 0 spiro atoms. The minimum Gasteiger partial charge on any atom is -0.466 e. The first-order valence-electron chi connectivity index (χ1n) is 7.59. The highest BCUT2D eigenvalue weighted by Crippen LogP contribution is 2.44. The minimum absolute atomic E-state index is 0.0385. The van der Waals surface area contributed by atoms with Crippen molar-refractivity contribution in [1.82, 2.24) is 14.9 Å². The van der Waals surface area contributed by atoms with Gasteiger partial charge >= 0.3 is 17.7 Å². The molecule has 0 radical (unpaired) electrons. The lowest BCUT2D eigenvalue weighted by molar-refractivity contribution is -0.149. The van der Waals surface area contributed by atoms with Crippen LogP contribution in [0, 0.1) is 23.6 Å². The van der Waals surface area contributed by atoms with Gasteiger partial charge < -0.3 is 10.1 Å². The van der Waals surface area contributed by atoms with Gasteiger partial charge in [-0.05, 0) is 25.2 Å². The van der Waals surface area contributed by atoms with Gasteiger partial charge in [-0.3, -0.25) is 14.6 Å². The maximum atomic E-state index is 13.3. The second kappa shape index (κ2) is 6.06. The average Bonchev–Trinajstić information content (AvgIpc) is 3.12. The molecule has 1 amide bonds. The van der Waals surface area contributed by atoms with Crippen LogP contribution in [0.1, 0.15) is 13.3 Å². The Hall–Kier alpha value is -2.71. The number of H-pyrrole nitrogens is 1. The molecule has 1 aromatic rings. The first kappa shape index (κ1) is 16.2. The molecule has 2 aliphatic carbocycles. The molecule has 0 aromatic carbocycles. The summed E-state index contributed by atoms with van der Waals surface area (Å²) in [5.74, 6) is -2.31. The number of allylic oxidation sites excluding steroid dienone is 1. The zero-order chi connectivity index (χ0) is 17.4. The third-order valence-electron chi connectivity index (χ3n) is 4.43. The minimum atomic E-state index is -1.25. The van der Waals surface area contributed by atoms with E-state index in [-0.39, 0.29) is 18.4 Å². The van der Waals surface area contributed by atoms with Gasteiger partial charge in [-0.2, -0.15) is 4.39 Å². The van der Waals surface area contributed by atoms with Crippen molar-refractivity contribution in [2.45, 2.75) is 19.4 Å². The molecule has 0 saturated heterocycles. The Morgan fingerprint density at radius 3 is 2.79 bits per heavy atom. The van der Waals surface area contributed by atoms with Crippen LogP contribution >= 0.6 is 0 Å². The summed E-state index contributed by atoms with van der Waals surface area (Å²) in [5, 5.41) is 2.59. The monoisotopic (exact) mass is 337 g/mol. The number of ether oxygens (including phenoxy) is 1. The summed E-state index contributed by atoms with van der Waals surface area (Å²) in [6.07, 6.45) is 5.05. The number of hydrogen-bond donors (Lipinski definition) is 2. The zero-order valence-electron chi connectivity index (χ0n) is 12.8. The van der Waals surface area contributed by atoms with Crippen molar-refractivity contribution in [1.29, 1.82) is 0 Å². The molecule has 1 heterocycles. The van der Waals surface area contributed by atoms with Crippen LogP contribution in [0.2, 0.25) is 0 Å². The summed E-state index contributed by atoms with van der Waals surface area (Å²) in [4.78, 5) is 48.8. The number of nitrogens with zero attached hydrogens (tertiary/aromatic N) is 1. The Labute approximate surface area is 135 Å². The summed E-state index contributed by atoms with van der Waals surface area (Å²) >= 11 is 0. The number of halogens is 1. The highest BCUT2D eigenvalue weighted by molar-refractivity contribution is 5.80. The molecule has 1 aromatic heterocycles. The van der Waals surface area contributed by atoms with Gasteiger partial charge in [0.15, 0.2) is 0 Å². The van der Waals surface area contributed by atoms with E-state index in [0.29, 0.717) is 17.2 Å². The lowest BCUT2D eigenvalue weighted by Crippen LogP contribution is -2.50. The summed E-state index contributed by atoms with van der Waals surface area (Å²) in [6, 6.07) is -1.45. The second-order valence-corrected chi connectivity index (χ2v) is 5.81. The quantitative estimate of drug-likeness (QED) is 0.595. The molecular formula is C15H16FN3O5. The van der Waals surface area contributed by atoms with E-state index in [1.54, 1.807) is 11.9 Å². The maximum absolute atomic E-state index is 13.3. The molecule has 128 valence electrons. The lowest BCUT2D eigenvalue weighted by atomic mass is 9.89. The number of carbonyl (C=O) groups excluding carboxylic acids is 2. The Bertz CT molecular complexity index is 827. The molecule has 3 rings (SSSR count). The Kier molecular flexibility index (Phi) is 4.08. The highest BCUT2D eigenvalue weighted by Gasteiger charge is 2.49. The number of aromatic amines is 1. The predicted molar refractivity (Wildman–Crippen MR) is 79.9 cm³/mol. The van der Waals surface area contributed by atoms with Crippen molar-refractivity contribution < 1.29 is 18.7 Å². The SMILES string of the molecule is CCOC(=O)C1C2C=CC(C2)C1NC(=O)n1cc(F)c(=O)[nH]c1=O. The normalized spacial score (nSPS) is 27.2. The van der Waals surface area contributed by atoms with Crippen LogP contribution in [0.4, 0.5) is 9.18 Å². The molecule has 1 fully saturated rings. The average molecular weight is 337 g/mol. The molecule has 0 aliphatic heterocycles. The molecule has 4 atom stereocenters. The summed E-state index contributed by atoms with van der Waals surface area (Å²) in [6.45, 7) is 1.92. The Morgan fingerprint density at radius 1 is 1.38 bits per heavy atom. The van der Waals surface area contributed by atoms with Crippen molar-refractivity contribution in [2.24, 2.45) is 17.8 Å². The topological polar surface area (TPSA) is 110 Å². The highest BCUT2D eigenvalue weighted by atomic mass is 19.1. The van der Waals surface area contributed by atoms with Crippen molar-refractivity contribution in [3.05, 3.63) is 45.0 Å². The fourth-order valence-electron chi connectivity index (χ4n) is 3.39. The van der Waals surface area contributed by atoms with Crippen molar-refractivity contribution >= 4 is 12.0 Å². The van der Waals surface area contributed by atoms with E-state index in [1.165, 1.54) is 0 Å². The Balaban J connectivity index is 1.84. The maximum Gasteiger partial charge on any atom is 0.336 e. The van der Waals surface area contributed by atoms with Crippen LogP contribution in [0.5, 0.6) is 0 Å². The largest absolute Gasteiger partial charge is 0.466 e. The Morgan fingerprint density at radius 2 is 2.08 bits per heavy atom. The number of hydrogen-bond acceptors (Lipinski definition) is 5. The third kappa shape index (κ3) is 2.66. The number of aromatic nitrogens is 2. The van der Waals surface area contributed by atoms with Crippen LogP contribution in [0.15, 0.2) is 27.9 Å². The number of rotatable bonds is 3. The van der Waals surface area contributed by atoms with Crippen LogP contribution < -0.4 is 16.6 Å². The predicted octanol–water partition coefficient (Wildman–Crippen LogP) is -0.0128. The fraction of sp³-hybridized carbons (Fsp3) is 0.467. The van der Waals surface area contributed by atoms with Gasteiger partial charge in [0, 0.05) is 0 Å². The molecule has 9 heteroatoms. The first-order chi connectivity index (χ1) is 11.4. The zero-order valence-corrected chi connectivity index (χ0v) is 12.8. The van der Waals surface area contributed by atoms with E-state index in [4.69, 9.17) is 4.74 Å².